The van der Waals surface area contributed by atoms with Crippen LogP contribution >= 0.6 is 11.3 Å². The lowest BCUT2D eigenvalue weighted by atomic mass is 10.1. The number of nitrogens with one attached hydrogen (secondary N) is 1. The molecule has 0 radical (unpaired) electrons. The molecule has 21 heavy (non-hydrogen) atoms. The lowest BCUT2D eigenvalue weighted by molar-refractivity contribution is 0.593. The fraction of sp³-hybridized carbons (Fsp3) is 0.333. The highest BCUT2D eigenvalue weighted by Crippen LogP contribution is 2.29. The molecule has 0 atom stereocenters. The van der Waals surface area contributed by atoms with E-state index in [-0.39, 0.29) is 0 Å². The third kappa shape index (κ3) is 3.12. The highest BCUT2D eigenvalue weighted by atomic mass is 32.2. The molecule has 6 heteroatoms. The SMILES string of the molecule is CNCc1sccc1S(=O)(=O)N(C)c1ccc(C)cc1C. The zero-order chi connectivity index (χ0) is 15.6. The Labute approximate surface area is 130 Å². The van der Waals surface area contributed by atoms with E-state index in [1.165, 1.54) is 15.6 Å². The van der Waals surface area contributed by atoms with Gasteiger partial charge in [0.1, 0.15) is 4.90 Å². The topological polar surface area (TPSA) is 49.4 Å². The van der Waals surface area contributed by atoms with Gasteiger partial charge in [0.25, 0.3) is 10.0 Å². The third-order valence-corrected chi connectivity index (χ3v) is 6.28. The predicted molar refractivity (Wildman–Crippen MR) is 88.6 cm³/mol. The van der Waals surface area contributed by atoms with Gasteiger partial charge in [0, 0.05) is 18.5 Å². The van der Waals surface area contributed by atoms with Gasteiger partial charge >= 0.3 is 0 Å². The summed E-state index contributed by atoms with van der Waals surface area (Å²) in [4.78, 5) is 1.21. The van der Waals surface area contributed by atoms with Crippen LogP contribution in [0.25, 0.3) is 0 Å². The fourth-order valence-corrected chi connectivity index (χ4v) is 4.97. The number of nitrogens with zero attached hydrogens (tertiary/aromatic N) is 1. The van der Waals surface area contributed by atoms with E-state index in [1.807, 2.05) is 44.5 Å². The smallest absolute Gasteiger partial charge is 0.265 e. The molecule has 1 heterocycles. The monoisotopic (exact) mass is 324 g/mol. The molecule has 0 aliphatic heterocycles. The second kappa shape index (κ2) is 6.17. The molecule has 1 aromatic heterocycles. The zero-order valence-electron chi connectivity index (χ0n) is 12.7. The second-order valence-corrected chi connectivity index (χ2v) is 7.94. The van der Waals surface area contributed by atoms with Gasteiger partial charge in [-0.15, -0.1) is 11.3 Å². The van der Waals surface area contributed by atoms with Crippen molar-refractivity contribution < 1.29 is 8.42 Å². The van der Waals surface area contributed by atoms with Crippen molar-refractivity contribution in [1.82, 2.24) is 5.32 Å². The van der Waals surface area contributed by atoms with Crippen LogP contribution in [0.5, 0.6) is 0 Å². The number of aryl methyl sites for hydroxylation is 2. The van der Waals surface area contributed by atoms with Crippen LogP contribution in [0, 0.1) is 13.8 Å². The van der Waals surface area contributed by atoms with Gasteiger partial charge in [0.15, 0.2) is 0 Å². The molecule has 114 valence electrons. The van der Waals surface area contributed by atoms with Gasteiger partial charge in [-0.3, -0.25) is 4.31 Å². The van der Waals surface area contributed by atoms with Crippen LogP contribution in [0.4, 0.5) is 5.69 Å². The minimum Gasteiger partial charge on any atom is -0.315 e. The quantitative estimate of drug-likeness (QED) is 0.920. The number of benzene rings is 1. The van der Waals surface area contributed by atoms with Crippen LogP contribution in [0.1, 0.15) is 16.0 Å². The van der Waals surface area contributed by atoms with Gasteiger partial charge in [0.2, 0.25) is 0 Å². The third-order valence-electron chi connectivity index (χ3n) is 3.37. The summed E-state index contributed by atoms with van der Waals surface area (Å²) in [6.07, 6.45) is 0. The molecule has 2 aromatic rings. The molecule has 0 fully saturated rings. The normalized spacial score (nSPS) is 11.6. The number of hydrogen-bond acceptors (Lipinski definition) is 4. The number of anilines is 1. The standard InChI is InChI=1S/C15H20N2O2S2/c1-11-5-6-13(12(2)9-11)17(4)21(18,19)15-7-8-20-14(15)10-16-3/h5-9,16H,10H2,1-4H3. The Bertz CT molecular complexity index is 736. The molecular weight excluding hydrogens is 304 g/mol. The minimum atomic E-state index is -3.53. The molecule has 0 aliphatic carbocycles. The molecule has 1 aromatic carbocycles. The van der Waals surface area contributed by atoms with Crippen molar-refractivity contribution in [2.24, 2.45) is 0 Å². The fourth-order valence-electron chi connectivity index (χ4n) is 2.28. The van der Waals surface area contributed by atoms with Crippen molar-refractivity contribution in [2.75, 3.05) is 18.4 Å². The van der Waals surface area contributed by atoms with Gasteiger partial charge in [-0.05, 0) is 44.0 Å². The summed E-state index contributed by atoms with van der Waals surface area (Å²) in [6, 6.07) is 7.44. The summed E-state index contributed by atoms with van der Waals surface area (Å²) in [5.41, 5.74) is 2.78. The highest BCUT2D eigenvalue weighted by Gasteiger charge is 2.25. The molecule has 1 N–H and O–H groups in total. The first-order valence-corrected chi connectivity index (χ1v) is 8.97. The first-order valence-electron chi connectivity index (χ1n) is 6.65. The molecule has 0 unspecified atom stereocenters. The molecule has 2 rings (SSSR count). The summed E-state index contributed by atoms with van der Waals surface area (Å²) in [6.45, 7) is 4.47. The van der Waals surface area contributed by atoms with E-state index in [0.717, 1.165) is 16.0 Å². The van der Waals surface area contributed by atoms with Gasteiger partial charge in [-0.1, -0.05) is 17.7 Å². The Hall–Kier alpha value is -1.37. The van der Waals surface area contributed by atoms with Gasteiger partial charge in [-0.25, -0.2) is 8.42 Å². The first-order chi connectivity index (χ1) is 9.87. The van der Waals surface area contributed by atoms with Crippen molar-refractivity contribution in [2.45, 2.75) is 25.3 Å². The average molecular weight is 324 g/mol. The van der Waals surface area contributed by atoms with E-state index in [1.54, 1.807) is 13.1 Å². The van der Waals surface area contributed by atoms with E-state index in [2.05, 4.69) is 5.32 Å². The largest absolute Gasteiger partial charge is 0.315 e. The summed E-state index contributed by atoms with van der Waals surface area (Å²) < 4.78 is 27.0. The Kier molecular flexibility index (Phi) is 4.70. The lowest BCUT2D eigenvalue weighted by Gasteiger charge is -2.22. The van der Waals surface area contributed by atoms with Gasteiger partial charge in [0.05, 0.1) is 5.69 Å². The predicted octanol–water partition coefficient (Wildman–Crippen LogP) is 2.91. The van der Waals surface area contributed by atoms with Crippen molar-refractivity contribution in [3.63, 3.8) is 0 Å². The maximum absolute atomic E-state index is 12.8. The summed E-state index contributed by atoms with van der Waals surface area (Å²) in [5.74, 6) is 0. The number of rotatable bonds is 5. The van der Waals surface area contributed by atoms with Crippen LogP contribution < -0.4 is 9.62 Å². The molecule has 0 saturated carbocycles. The van der Waals surface area contributed by atoms with E-state index >= 15 is 0 Å². The Balaban J connectivity index is 2.45. The molecule has 4 nitrogen and oxygen atoms in total. The van der Waals surface area contributed by atoms with E-state index < -0.39 is 10.0 Å². The molecule has 0 aliphatic rings. The number of thiophene rings is 1. The molecule has 0 saturated heterocycles. The second-order valence-electron chi connectivity index (χ2n) is 5.00. The van der Waals surface area contributed by atoms with Crippen molar-refractivity contribution in [1.29, 1.82) is 0 Å². The van der Waals surface area contributed by atoms with Crippen LogP contribution in [0.2, 0.25) is 0 Å². The number of sulfonamides is 1. The Morgan fingerprint density at radius 1 is 1.24 bits per heavy atom. The minimum absolute atomic E-state index is 0.379. The molecule has 0 spiro atoms. The maximum Gasteiger partial charge on any atom is 0.265 e. The van der Waals surface area contributed by atoms with E-state index in [4.69, 9.17) is 0 Å². The average Bonchev–Trinajstić information content (AvgIpc) is 2.87. The highest BCUT2D eigenvalue weighted by molar-refractivity contribution is 7.93. The van der Waals surface area contributed by atoms with Crippen LogP contribution in [-0.4, -0.2) is 22.5 Å². The molecule has 0 bridgehead atoms. The van der Waals surface area contributed by atoms with Gasteiger partial charge in [-0.2, -0.15) is 0 Å². The maximum atomic E-state index is 12.8. The van der Waals surface area contributed by atoms with E-state index in [0.29, 0.717) is 17.1 Å². The van der Waals surface area contributed by atoms with Crippen LogP contribution in [-0.2, 0) is 16.6 Å². The summed E-state index contributed by atoms with van der Waals surface area (Å²) in [5, 5.41) is 4.82. The Morgan fingerprint density at radius 3 is 2.57 bits per heavy atom. The van der Waals surface area contributed by atoms with Crippen molar-refractivity contribution >= 4 is 27.0 Å². The zero-order valence-corrected chi connectivity index (χ0v) is 14.3. The molecule has 0 amide bonds. The van der Waals surface area contributed by atoms with Gasteiger partial charge < -0.3 is 5.32 Å². The van der Waals surface area contributed by atoms with Crippen molar-refractivity contribution in [3.8, 4) is 0 Å². The van der Waals surface area contributed by atoms with Crippen LogP contribution in [0.3, 0.4) is 0 Å². The number of hydrogen-bond donors (Lipinski definition) is 1. The van der Waals surface area contributed by atoms with E-state index in [9.17, 15) is 8.42 Å². The summed E-state index contributed by atoms with van der Waals surface area (Å²) in [7, 11) is -0.119. The lowest BCUT2D eigenvalue weighted by Crippen LogP contribution is -2.28. The Morgan fingerprint density at radius 2 is 1.95 bits per heavy atom. The van der Waals surface area contributed by atoms with Crippen molar-refractivity contribution in [3.05, 3.63) is 45.6 Å². The summed E-state index contributed by atoms with van der Waals surface area (Å²) >= 11 is 1.45. The van der Waals surface area contributed by atoms with Crippen LogP contribution in [0.15, 0.2) is 34.5 Å². The first kappa shape index (κ1) is 16.0. The molecular formula is C15H20N2O2S2.